The molecule has 31 heavy (non-hydrogen) atoms. The summed E-state index contributed by atoms with van der Waals surface area (Å²) in [6, 6.07) is 15.2. The summed E-state index contributed by atoms with van der Waals surface area (Å²) >= 11 is 0. The number of carbonyl (C=O) groups excluding carboxylic acids is 2. The highest BCUT2D eigenvalue weighted by atomic mass is 32.2. The Morgan fingerprint density at radius 3 is 2.26 bits per heavy atom. The second-order valence-electron chi connectivity index (χ2n) is 7.92. The van der Waals surface area contributed by atoms with Crippen molar-refractivity contribution in [1.29, 1.82) is 0 Å². The lowest BCUT2D eigenvalue weighted by Gasteiger charge is -2.29. The molecule has 3 rings (SSSR count). The Kier molecular flexibility index (Phi) is 7.46. The van der Waals surface area contributed by atoms with Gasteiger partial charge in [0.1, 0.15) is 0 Å². The molecule has 1 fully saturated rings. The van der Waals surface area contributed by atoms with Gasteiger partial charge in [0.15, 0.2) is 6.61 Å². The van der Waals surface area contributed by atoms with Crippen LogP contribution in [-0.4, -0.2) is 56.2 Å². The first-order chi connectivity index (χ1) is 14.8. The lowest BCUT2D eigenvalue weighted by atomic mass is 10.0. The van der Waals surface area contributed by atoms with Crippen molar-refractivity contribution in [2.45, 2.75) is 31.2 Å². The fourth-order valence-electron chi connectivity index (χ4n) is 3.40. The van der Waals surface area contributed by atoms with Crippen LogP contribution in [-0.2, 0) is 26.1 Å². The van der Waals surface area contributed by atoms with Crippen molar-refractivity contribution in [3.8, 4) is 0 Å². The molecular weight excluding hydrogens is 416 g/mol. The van der Waals surface area contributed by atoms with Crippen LogP contribution in [0.25, 0.3) is 0 Å². The third kappa shape index (κ3) is 5.92. The van der Waals surface area contributed by atoms with E-state index in [0.29, 0.717) is 25.6 Å². The molecule has 0 radical (unpaired) electrons. The number of nitrogens with zero attached hydrogens (tertiary/aromatic N) is 2. The van der Waals surface area contributed by atoms with E-state index in [1.54, 1.807) is 7.05 Å². The fraction of sp³-hybridized carbons (Fsp3) is 0.391. The molecule has 0 aliphatic carbocycles. The first-order valence-corrected chi connectivity index (χ1v) is 11.8. The molecule has 1 heterocycles. The summed E-state index contributed by atoms with van der Waals surface area (Å²) < 4.78 is 32.1. The molecule has 8 heteroatoms. The molecule has 0 atom stereocenters. The van der Waals surface area contributed by atoms with E-state index in [0.717, 1.165) is 18.4 Å². The number of carbonyl (C=O) groups is 2. The van der Waals surface area contributed by atoms with Gasteiger partial charge in [-0.15, -0.1) is 0 Å². The molecule has 0 unspecified atom stereocenters. The SMILES string of the molecule is CC1CCN(S(=O)(=O)c2ccc(C(=O)OCC(=O)N(C)Cc3ccccc3)cc2)CC1. The van der Waals surface area contributed by atoms with E-state index in [9.17, 15) is 18.0 Å². The van der Waals surface area contributed by atoms with Gasteiger partial charge >= 0.3 is 5.97 Å². The Morgan fingerprint density at radius 2 is 1.65 bits per heavy atom. The van der Waals surface area contributed by atoms with Crippen LogP contribution in [0.15, 0.2) is 59.5 Å². The molecule has 1 aliphatic rings. The minimum absolute atomic E-state index is 0.150. The van der Waals surface area contributed by atoms with Gasteiger partial charge in [-0.25, -0.2) is 13.2 Å². The average Bonchev–Trinajstić information content (AvgIpc) is 2.78. The van der Waals surface area contributed by atoms with Crippen LogP contribution in [0.4, 0.5) is 0 Å². The smallest absolute Gasteiger partial charge is 0.338 e. The van der Waals surface area contributed by atoms with E-state index in [2.05, 4.69) is 6.92 Å². The molecule has 7 nitrogen and oxygen atoms in total. The van der Waals surface area contributed by atoms with Crippen molar-refractivity contribution < 1.29 is 22.7 Å². The van der Waals surface area contributed by atoms with Gasteiger partial charge in [-0.3, -0.25) is 4.79 Å². The summed E-state index contributed by atoms with van der Waals surface area (Å²) in [6.07, 6.45) is 1.69. The van der Waals surface area contributed by atoms with Crippen LogP contribution >= 0.6 is 0 Å². The van der Waals surface area contributed by atoms with E-state index in [1.807, 2.05) is 30.3 Å². The van der Waals surface area contributed by atoms with Gasteiger partial charge in [0, 0.05) is 26.7 Å². The summed E-state index contributed by atoms with van der Waals surface area (Å²) in [6.45, 7) is 3.17. The van der Waals surface area contributed by atoms with E-state index in [1.165, 1.54) is 33.5 Å². The molecule has 166 valence electrons. The second kappa shape index (κ2) is 10.1. The number of hydrogen-bond acceptors (Lipinski definition) is 5. The molecule has 2 aromatic carbocycles. The van der Waals surface area contributed by atoms with Gasteiger partial charge in [-0.05, 0) is 48.6 Å². The van der Waals surface area contributed by atoms with Crippen molar-refractivity contribution in [2.75, 3.05) is 26.7 Å². The lowest BCUT2D eigenvalue weighted by molar-refractivity contribution is -0.133. The zero-order valence-electron chi connectivity index (χ0n) is 17.9. The van der Waals surface area contributed by atoms with Gasteiger partial charge in [0.2, 0.25) is 10.0 Å². The van der Waals surface area contributed by atoms with Gasteiger partial charge in [-0.2, -0.15) is 4.31 Å². The van der Waals surface area contributed by atoms with E-state index < -0.39 is 16.0 Å². The van der Waals surface area contributed by atoms with Gasteiger partial charge in [0.25, 0.3) is 5.91 Å². The molecule has 2 aromatic rings. The highest BCUT2D eigenvalue weighted by Gasteiger charge is 2.28. The molecule has 1 saturated heterocycles. The largest absolute Gasteiger partial charge is 0.452 e. The van der Waals surface area contributed by atoms with Crippen LogP contribution in [0.1, 0.15) is 35.7 Å². The number of esters is 1. The molecule has 0 bridgehead atoms. The molecule has 0 aromatic heterocycles. The maximum absolute atomic E-state index is 12.8. The van der Waals surface area contributed by atoms with E-state index >= 15 is 0 Å². The predicted octanol–water partition coefficient (Wildman–Crippen LogP) is 2.92. The van der Waals surface area contributed by atoms with Gasteiger partial charge in [-0.1, -0.05) is 37.3 Å². The van der Waals surface area contributed by atoms with Crippen LogP contribution in [0, 0.1) is 5.92 Å². The van der Waals surface area contributed by atoms with Crippen molar-refractivity contribution in [1.82, 2.24) is 9.21 Å². The molecule has 1 aliphatic heterocycles. The standard InChI is InChI=1S/C23H28N2O5S/c1-18-12-14-25(15-13-18)31(28,29)21-10-8-20(9-11-21)23(27)30-17-22(26)24(2)16-19-6-4-3-5-7-19/h3-11,18H,12-17H2,1-2H3. The van der Waals surface area contributed by atoms with E-state index in [-0.39, 0.29) is 23.0 Å². The Bertz CT molecular complexity index is 998. The van der Waals surface area contributed by atoms with Crippen LogP contribution in [0.3, 0.4) is 0 Å². The maximum atomic E-state index is 12.8. The molecular formula is C23H28N2O5S. The predicted molar refractivity (Wildman–Crippen MR) is 117 cm³/mol. The topological polar surface area (TPSA) is 84.0 Å². The minimum Gasteiger partial charge on any atom is -0.452 e. The summed E-state index contributed by atoms with van der Waals surface area (Å²) in [5.41, 5.74) is 1.18. The lowest BCUT2D eigenvalue weighted by Crippen LogP contribution is -2.37. The highest BCUT2D eigenvalue weighted by Crippen LogP contribution is 2.23. The van der Waals surface area contributed by atoms with Crippen LogP contribution < -0.4 is 0 Å². The van der Waals surface area contributed by atoms with Crippen LogP contribution in [0.2, 0.25) is 0 Å². The molecule has 0 spiro atoms. The van der Waals surface area contributed by atoms with Gasteiger partial charge in [0.05, 0.1) is 10.5 Å². The minimum atomic E-state index is -3.57. The van der Waals surface area contributed by atoms with Crippen molar-refractivity contribution in [2.24, 2.45) is 5.92 Å². The van der Waals surface area contributed by atoms with Crippen molar-refractivity contribution in [3.63, 3.8) is 0 Å². The Balaban J connectivity index is 1.54. The number of benzene rings is 2. The van der Waals surface area contributed by atoms with Crippen LogP contribution in [0.5, 0.6) is 0 Å². The summed E-state index contributed by atoms with van der Waals surface area (Å²) in [5.74, 6) is -0.467. The Morgan fingerprint density at radius 1 is 1.03 bits per heavy atom. The molecule has 1 amide bonds. The number of hydrogen-bond donors (Lipinski definition) is 0. The Hall–Kier alpha value is -2.71. The first-order valence-electron chi connectivity index (χ1n) is 10.3. The highest BCUT2D eigenvalue weighted by molar-refractivity contribution is 7.89. The summed E-state index contributed by atoms with van der Waals surface area (Å²) in [7, 11) is -1.93. The number of sulfonamides is 1. The monoisotopic (exact) mass is 444 g/mol. The third-order valence-electron chi connectivity index (χ3n) is 5.49. The van der Waals surface area contributed by atoms with Crippen molar-refractivity contribution in [3.05, 3.63) is 65.7 Å². The fourth-order valence-corrected chi connectivity index (χ4v) is 4.87. The average molecular weight is 445 g/mol. The second-order valence-corrected chi connectivity index (χ2v) is 9.86. The number of likely N-dealkylation sites (N-methyl/N-ethyl adjacent to an activating group) is 1. The summed E-state index contributed by atoms with van der Waals surface area (Å²) in [4.78, 5) is 26.1. The maximum Gasteiger partial charge on any atom is 0.338 e. The third-order valence-corrected chi connectivity index (χ3v) is 7.40. The summed E-state index contributed by atoms with van der Waals surface area (Å²) in [5, 5.41) is 0. The van der Waals surface area contributed by atoms with E-state index in [4.69, 9.17) is 4.74 Å². The first kappa shape index (κ1) is 23.0. The quantitative estimate of drug-likeness (QED) is 0.613. The Labute approximate surface area is 183 Å². The number of amides is 1. The zero-order chi connectivity index (χ0) is 22.4. The van der Waals surface area contributed by atoms with Crippen molar-refractivity contribution >= 4 is 21.9 Å². The number of piperidine rings is 1. The van der Waals surface area contributed by atoms with Gasteiger partial charge < -0.3 is 9.64 Å². The molecule has 0 saturated carbocycles. The normalized spacial score (nSPS) is 15.4. The molecule has 0 N–H and O–H groups in total. The number of ether oxygens (including phenoxy) is 1. The zero-order valence-corrected chi connectivity index (χ0v) is 18.7. The number of rotatable bonds is 7.